The summed E-state index contributed by atoms with van der Waals surface area (Å²) in [6, 6.07) is 23.7. The molecule has 6 heterocycles. The number of carbonyl (C=O) groups excluding carboxylic acids is 4. The predicted octanol–water partition coefficient (Wildman–Crippen LogP) is 8.27. The molecule has 0 radical (unpaired) electrons. The highest BCUT2D eigenvalue weighted by molar-refractivity contribution is 5.90. The van der Waals surface area contributed by atoms with Gasteiger partial charge in [0.2, 0.25) is 23.6 Å². The van der Waals surface area contributed by atoms with Crippen molar-refractivity contribution in [3.05, 3.63) is 131 Å². The highest BCUT2D eigenvalue weighted by atomic mass is 16.5. The first-order chi connectivity index (χ1) is 32.2. The summed E-state index contributed by atoms with van der Waals surface area (Å²) in [5, 5.41) is 5.79. The number of H-pyrrole nitrogens is 2. The van der Waals surface area contributed by atoms with Crippen LogP contribution in [0.3, 0.4) is 0 Å². The summed E-state index contributed by atoms with van der Waals surface area (Å²) in [6.07, 6.45) is 10.4. The van der Waals surface area contributed by atoms with Crippen LogP contribution in [0.5, 0.6) is 11.5 Å². The lowest BCUT2D eigenvalue weighted by molar-refractivity contribution is -0.137. The van der Waals surface area contributed by atoms with E-state index in [1.165, 1.54) is 38.7 Å². The monoisotopic (exact) mass is 884 g/mol. The van der Waals surface area contributed by atoms with E-state index in [-0.39, 0.29) is 35.7 Å². The number of hydrogen-bond acceptors (Lipinski definition) is 8. The Labute approximate surface area is 382 Å². The highest BCUT2D eigenvalue weighted by Crippen LogP contribution is 2.51. The topological polar surface area (TPSA) is 175 Å². The molecule has 14 heteroatoms. The molecule has 2 aromatic heterocycles. The number of rotatable bonds is 11. The van der Waals surface area contributed by atoms with E-state index in [2.05, 4.69) is 44.9 Å². The van der Waals surface area contributed by atoms with Gasteiger partial charge in [0.25, 0.3) is 0 Å². The molecule has 11 rings (SSSR count). The van der Waals surface area contributed by atoms with E-state index in [0.717, 1.165) is 93.1 Å². The predicted molar refractivity (Wildman–Crippen MR) is 246 cm³/mol. The third-order valence-corrected chi connectivity index (χ3v) is 14.1. The molecule has 14 nitrogen and oxygen atoms in total. The standard InChI is InChI=1S/C52H52N8O6/c1-29(61)55-47(33-9-4-3-5-10-33)51(63)59-19-7-13-41(59)49-53-25-39(57-49)35-21-37-27-66-44-24-36(22-38-28-65-43(23-35)45(37)46(38)44)40-26-54-50(58-40)42-14-8-20-60(42)52(64)48(56-30(2)62)34-17-15-32(16-18-34)31-11-6-12-31/h3-5,9-10,15-18,21-26,31,41-42,47-48H,6-8,11-14,19-20,27-28H2,1-2H3,(H,53,57)(H,54,58)(H,55,61)(H,56,62)/t41-,42-,47+,48+/m0/s1. The highest BCUT2D eigenvalue weighted by Gasteiger charge is 2.39. The lowest BCUT2D eigenvalue weighted by Gasteiger charge is -2.30. The molecule has 6 aromatic rings. The van der Waals surface area contributed by atoms with Crippen molar-refractivity contribution in [2.75, 3.05) is 13.1 Å². The minimum atomic E-state index is -0.785. The van der Waals surface area contributed by atoms with Gasteiger partial charge >= 0.3 is 0 Å². The summed E-state index contributed by atoms with van der Waals surface area (Å²) >= 11 is 0. The Morgan fingerprint density at radius 3 is 1.56 bits per heavy atom. The number of imidazole rings is 2. The van der Waals surface area contributed by atoms with Crippen molar-refractivity contribution in [2.45, 2.75) is 102 Å². The summed E-state index contributed by atoms with van der Waals surface area (Å²) < 4.78 is 13.0. The van der Waals surface area contributed by atoms with Gasteiger partial charge < -0.3 is 39.9 Å². The molecule has 0 unspecified atom stereocenters. The Morgan fingerprint density at radius 2 is 1.11 bits per heavy atom. The van der Waals surface area contributed by atoms with Crippen LogP contribution in [0.4, 0.5) is 0 Å². The van der Waals surface area contributed by atoms with Gasteiger partial charge in [0.1, 0.15) is 48.4 Å². The fourth-order valence-electron chi connectivity index (χ4n) is 10.6. The lowest BCUT2D eigenvalue weighted by atomic mass is 9.80. The number of nitrogens with one attached hydrogen (secondary N) is 4. The fourth-order valence-corrected chi connectivity index (χ4v) is 10.6. The van der Waals surface area contributed by atoms with Gasteiger partial charge in [-0.2, -0.15) is 0 Å². The summed E-state index contributed by atoms with van der Waals surface area (Å²) in [5.41, 5.74) is 10.3. The number of likely N-dealkylation sites (tertiary alicyclic amines) is 2. The van der Waals surface area contributed by atoms with E-state index in [9.17, 15) is 19.2 Å². The molecule has 1 saturated carbocycles. The molecule has 4 aliphatic heterocycles. The lowest BCUT2D eigenvalue weighted by Crippen LogP contribution is -2.42. The van der Waals surface area contributed by atoms with E-state index in [4.69, 9.17) is 19.4 Å². The van der Waals surface area contributed by atoms with Crippen LogP contribution in [-0.4, -0.2) is 66.5 Å². The van der Waals surface area contributed by atoms with Crippen LogP contribution < -0.4 is 20.1 Å². The molecule has 4 N–H and O–H groups in total. The molecule has 5 aliphatic rings. The van der Waals surface area contributed by atoms with Crippen LogP contribution in [-0.2, 0) is 32.4 Å². The van der Waals surface area contributed by atoms with Crippen LogP contribution in [0.25, 0.3) is 33.6 Å². The Bertz CT molecular complexity index is 2820. The van der Waals surface area contributed by atoms with E-state index in [1.807, 2.05) is 70.6 Å². The van der Waals surface area contributed by atoms with Gasteiger partial charge in [-0.05, 0) is 85.4 Å². The second-order valence-electron chi connectivity index (χ2n) is 18.3. The van der Waals surface area contributed by atoms with Crippen LogP contribution >= 0.6 is 0 Å². The number of aromatic nitrogens is 4. The minimum Gasteiger partial charge on any atom is -0.488 e. The maximum atomic E-state index is 14.3. The summed E-state index contributed by atoms with van der Waals surface area (Å²) in [4.78, 5) is 73.2. The van der Waals surface area contributed by atoms with Gasteiger partial charge in [0.15, 0.2) is 0 Å². The van der Waals surface area contributed by atoms with Gasteiger partial charge in [-0.1, -0.05) is 61.0 Å². The smallest absolute Gasteiger partial charge is 0.250 e. The largest absolute Gasteiger partial charge is 0.488 e. The molecule has 0 spiro atoms. The van der Waals surface area contributed by atoms with Crippen molar-refractivity contribution >= 4 is 23.6 Å². The van der Waals surface area contributed by atoms with Crippen molar-refractivity contribution in [1.82, 2.24) is 40.4 Å². The molecule has 3 fully saturated rings. The zero-order valence-electron chi connectivity index (χ0n) is 37.1. The van der Waals surface area contributed by atoms with Crippen LogP contribution in [0.2, 0.25) is 0 Å². The molecule has 1 aliphatic carbocycles. The summed E-state index contributed by atoms with van der Waals surface area (Å²) in [7, 11) is 0. The average Bonchev–Trinajstić information content (AvgIpc) is 4.16. The van der Waals surface area contributed by atoms with Crippen molar-refractivity contribution in [2.24, 2.45) is 0 Å². The van der Waals surface area contributed by atoms with Crippen LogP contribution in [0.15, 0.2) is 91.3 Å². The van der Waals surface area contributed by atoms with E-state index >= 15 is 0 Å². The Balaban J connectivity index is 0.817. The molecule has 4 aromatic carbocycles. The third kappa shape index (κ3) is 7.57. The molecular formula is C52H52N8O6. The van der Waals surface area contributed by atoms with E-state index in [1.54, 1.807) is 6.20 Å². The number of carbonyl (C=O) groups is 4. The van der Waals surface area contributed by atoms with E-state index in [0.29, 0.717) is 43.9 Å². The molecular weight excluding hydrogens is 833 g/mol. The normalized spacial score (nSPS) is 19.2. The van der Waals surface area contributed by atoms with Crippen LogP contribution in [0.1, 0.15) is 128 Å². The molecule has 66 heavy (non-hydrogen) atoms. The average molecular weight is 885 g/mol. The molecule has 4 atom stereocenters. The first kappa shape index (κ1) is 41.5. The van der Waals surface area contributed by atoms with Gasteiger partial charge in [-0.25, -0.2) is 9.97 Å². The van der Waals surface area contributed by atoms with Gasteiger partial charge in [0.05, 0.1) is 35.9 Å². The molecule has 336 valence electrons. The Kier molecular flexibility index (Phi) is 10.7. The fraction of sp³-hybridized carbons (Fsp3) is 0.346. The van der Waals surface area contributed by atoms with Gasteiger partial charge in [0, 0.05) is 60.3 Å². The number of ether oxygens (including phenoxy) is 2. The zero-order valence-corrected chi connectivity index (χ0v) is 37.1. The van der Waals surface area contributed by atoms with Crippen molar-refractivity contribution in [3.8, 4) is 45.1 Å². The summed E-state index contributed by atoms with van der Waals surface area (Å²) in [5.74, 6) is 2.70. The number of nitrogens with zero attached hydrogens (tertiary/aromatic N) is 4. The first-order valence-corrected chi connectivity index (χ1v) is 23.2. The third-order valence-electron chi connectivity index (χ3n) is 14.1. The maximum Gasteiger partial charge on any atom is 0.250 e. The van der Waals surface area contributed by atoms with Gasteiger partial charge in [-0.15, -0.1) is 0 Å². The van der Waals surface area contributed by atoms with Crippen molar-refractivity contribution in [1.29, 1.82) is 0 Å². The number of benzene rings is 4. The SMILES string of the molecule is CC(=O)N[C@@H](C(=O)N1CCC[C@H]1c1ncc(-c2cc3c4c(c2)OCc2cc(-c5cnc([C@@H]6CCCN6C(=O)[C@H](NC(C)=O)c6ccc(C7CCC7)cc6)[nH]5)cc(c2-4)OC3)[nH]1)c1ccccc1. The number of amides is 4. The first-order valence-electron chi connectivity index (χ1n) is 23.2. The molecule has 2 saturated heterocycles. The number of aromatic amines is 2. The van der Waals surface area contributed by atoms with Crippen LogP contribution in [0, 0.1) is 0 Å². The zero-order chi connectivity index (χ0) is 45.1. The number of hydrogen-bond donors (Lipinski definition) is 4. The Hall–Kier alpha value is -7.22. The second kappa shape index (κ2) is 17.0. The quantitative estimate of drug-likeness (QED) is 0.101. The second-order valence-corrected chi connectivity index (χ2v) is 18.3. The molecule has 0 bridgehead atoms. The van der Waals surface area contributed by atoms with Gasteiger partial charge in [-0.3, -0.25) is 19.2 Å². The molecule has 4 amide bonds. The summed E-state index contributed by atoms with van der Waals surface area (Å²) in [6.45, 7) is 4.71. The van der Waals surface area contributed by atoms with Crippen molar-refractivity contribution in [3.63, 3.8) is 0 Å². The minimum absolute atomic E-state index is 0.138. The van der Waals surface area contributed by atoms with E-state index < -0.39 is 12.1 Å². The Morgan fingerprint density at radius 1 is 0.621 bits per heavy atom. The van der Waals surface area contributed by atoms with Crippen molar-refractivity contribution < 1.29 is 28.7 Å². The maximum absolute atomic E-state index is 14.3.